The highest BCUT2D eigenvalue weighted by atomic mass is 32.2. The molecule has 1 fully saturated rings. The minimum absolute atomic E-state index is 0.124. The van der Waals surface area contributed by atoms with Crippen LogP contribution in [0.5, 0.6) is 0 Å². The van der Waals surface area contributed by atoms with E-state index in [0.29, 0.717) is 12.3 Å². The Hall–Kier alpha value is -2.39. The van der Waals surface area contributed by atoms with E-state index >= 15 is 0 Å². The minimum atomic E-state index is -4.00. The Kier molecular flexibility index (Phi) is 3.82. The van der Waals surface area contributed by atoms with E-state index in [-0.39, 0.29) is 22.3 Å². The van der Waals surface area contributed by atoms with Crippen molar-refractivity contribution in [3.05, 3.63) is 52.5 Å². The van der Waals surface area contributed by atoms with Crippen LogP contribution in [0, 0.1) is 10.1 Å². The molecule has 1 aromatic heterocycles. The maximum Gasteiger partial charge on any atom is 0.271 e. The standard InChI is InChI=1S/C14H15N3O5S/c15-23(20,21)14-6-5-10(17(18)19)9-12(14)16-7-1-3-11(16)13-4-2-8-22-13/h2,4-6,8-9,11H,1,3,7H2,(H2,15,20,21). The molecule has 1 atom stereocenters. The zero-order valence-corrected chi connectivity index (χ0v) is 12.9. The number of sulfonamides is 1. The molecule has 1 saturated heterocycles. The Labute approximate surface area is 132 Å². The third-order valence-corrected chi connectivity index (χ3v) is 4.85. The van der Waals surface area contributed by atoms with Crippen LogP contribution in [-0.2, 0) is 10.0 Å². The molecule has 1 unspecified atom stereocenters. The summed E-state index contributed by atoms with van der Waals surface area (Å²) in [5, 5.41) is 16.3. The fraction of sp³-hybridized carbons (Fsp3) is 0.286. The zero-order chi connectivity index (χ0) is 16.6. The van der Waals surface area contributed by atoms with E-state index < -0.39 is 14.9 Å². The first kappa shape index (κ1) is 15.5. The van der Waals surface area contributed by atoms with E-state index in [1.165, 1.54) is 12.1 Å². The summed E-state index contributed by atoms with van der Waals surface area (Å²) in [6, 6.07) is 6.95. The summed E-state index contributed by atoms with van der Waals surface area (Å²) in [7, 11) is -4.00. The smallest absolute Gasteiger partial charge is 0.271 e. The zero-order valence-electron chi connectivity index (χ0n) is 12.1. The van der Waals surface area contributed by atoms with Gasteiger partial charge in [0, 0.05) is 18.7 Å². The molecule has 23 heavy (non-hydrogen) atoms. The second-order valence-corrected chi connectivity index (χ2v) is 6.85. The van der Waals surface area contributed by atoms with Gasteiger partial charge in [0.05, 0.1) is 22.9 Å². The predicted molar refractivity (Wildman–Crippen MR) is 82.5 cm³/mol. The molecule has 0 spiro atoms. The molecular weight excluding hydrogens is 322 g/mol. The van der Waals surface area contributed by atoms with Crippen LogP contribution in [-0.4, -0.2) is 19.9 Å². The van der Waals surface area contributed by atoms with Crippen molar-refractivity contribution in [1.29, 1.82) is 0 Å². The van der Waals surface area contributed by atoms with E-state index in [2.05, 4.69) is 0 Å². The summed E-state index contributed by atoms with van der Waals surface area (Å²) in [5.74, 6) is 0.689. The first-order chi connectivity index (χ1) is 10.9. The number of primary sulfonamides is 1. The van der Waals surface area contributed by atoms with Crippen molar-refractivity contribution in [2.75, 3.05) is 11.4 Å². The van der Waals surface area contributed by atoms with Crippen LogP contribution in [0.25, 0.3) is 0 Å². The molecule has 1 aliphatic heterocycles. The lowest BCUT2D eigenvalue weighted by atomic mass is 10.1. The van der Waals surface area contributed by atoms with Crippen LogP contribution in [0.2, 0.25) is 0 Å². The minimum Gasteiger partial charge on any atom is -0.467 e. The molecule has 2 N–H and O–H groups in total. The van der Waals surface area contributed by atoms with E-state index in [1.807, 2.05) is 0 Å². The largest absolute Gasteiger partial charge is 0.467 e. The molecule has 1 aliphatic rings. The van der Waals surface area contributed by atoms with Crippen molar-refractivity contribution in [1.82, 2.24) is 0 Å². The van der Waals surface area contributed by atoms with Gasteiger partial charge >= 0.3 is 0 Å². The average Bonchev–Trinajstić information content (AvgIpc) is 3.16. The molecule has 122 valence electrons. The Morgan fingerprint density at radius 1 is 1.35 bits per heavy atom. The number of nitrogens with two attached hydrogens (primary N) is 1. The second-order valence-electron chi connectivity index (χ2n) is 5.32. The molecule has 8 nitrogen and oxygen atoms in total. The maximum atomic E-state index is 11.8. The first-order valence-corrected chi connectivity index (χ1v) is 8.54. The number of hydrogen-bond acceptors (Lipinski definition) is 6. The topological polar surface area (TPSA) is 120 Å². The van der Waals surface area contributed by atoms with Gasteiger partial charge in [-0.2, -0.15) is 0 Å². The number of furan rings is 1. The Morgan fingerprint density at radius 2 is 2.13 bits per heavy atom. The number of nitro groups is 1. The molecule has 1 aromatic carbocycles. The lowest BCUT2D eigenvalue weighted by Gasteiger charge is -2.26. The van der Waals surface area contributed by atoms with Crippen molar-refractivity contribution in [2.45, 2.75) is 23.8 Å². The van der Waals surface area contributed by atoms with Crippen molar-refractivity contribution in [3.8, 4) is 0 Å². The van der Waals surface area contributed by atoms with Crippen LogP contribution >= 0.6 is 0 Å². The third kappa shape index (κ3) is 2.92. The summed E-state index contributed by atoms with van der Waals surface area (Å²) in [6.07, 6.45) is 3.12. The molecule has 0 amide bonds. The van der Waals surface area contributed by atoms with Crippen molar-refractivity contribution < 1.29 is 17.8 Å². The van der Waals surface area contributed by atoms with Crippen LogP contribution in [0.3, 0.4) is 0 Å². The summed E-state index contributed by atoms with van der Waals surface area (Å²) < 4.78 is 29.1. The number of nitrogens with zero attached hydrogens (tertiary/aromatic N) is 2. The van der Waals surface area contributed by atoms with E-state index in [9.17, 15) is 18.5 Å². The number of rotatable bonds is 4. The Balaban J connectivity index is 2.13. The predicted octanol–water partition coefficient (Wildman–Crippen LogP) is 2.18. The lowest BCUT2D eigenvalue weighted by Crippen LogP contribution is -2.26. The van der Waals surface area contributed by atoms with Gasteiger partial charge in [0.15, 0.2) is 0 Å². The first-order valence-electron chi connectivity index (χ1n) is 6.99. The molecule has 0 bridgehead atoms. The van der Waals surface area contributed by atoms with Crippen molar-refractivity contribution in [2.24, 2.45) is 5.14 Å². The molecule has 0 radical (unpaired) electrons. The van der Waals surface area contributed by atoms with Gasteiger partial charge in [-0.25, -0.2) is 13.6 Å². The van der Waals surface area contributed by atoms with Gasteiger partial charge in [-0.05, 0) is 31.0 Å². The van der Waals surface area contributed by atoms with Crippen LogP contribution < -0.4 is 10.0 Å². The Bertz CT molecular complexity index is 832. The highest BCUT2D eigenvalue weighted by molar-refractivity contribution is 7.89. The quantitative estimate of drug-likeness (QED) is 0.674. The fourth-order valence-corrected chi connectivity index (χ4v) is 3.64. The summed E-state index contributed by atoms with van der Waals surface area (Å²) in [4.78, 5) is 12.1. The highest BCUT2D eigenvalue weighted by Crippen LogP contribution is 2.40. The van der Waals surface area contributed by atoms with Gasteiger partial charge in [0.1, 0.15) is 10.7 Å². The summed E-state index contributed by atoms with van der Waals surface area (Å²) >= 11 is 0. The average molecular weight is 337 g/mol. The van der Waals surface area contributed by atoms with Gasteiger partial charge in [-0.15, -0.1) is 0 Å². The third-order valence-electron chi connectivity index (χ3n) is 3.89. The van der Waals surface area contributed by atoms with Crippen molar-refractivity contribution in [3.63, 3.8) is 0 Å². The number of nitro benzene ring substituents is 1. The molecule has 0 saturated carbocycles. The van der Waals surface area contributed by atoms with Crippen LogP contribution in [0.4, 0.5) is 11.4 Å². The number of benzene rings is 1. The molecule has 2 aromatic rings. The van der Waals surface area contributed by atoms with Gasteiger partial charge in [-0.3, -0.25) is 10.1 Å². The van der Waals surface area contributed by atoms with Crippen molar-refractivity contribution >= 4 is 21.4 Å². The lowest BCUT2D eigenvalue weighted by molar-refractivity contribution is -0.384. The number of anilines is 1. The van der Waals surface area contributed by atoms with Crippen LogP contribution in [0.1, 0.15) is 24.6 Å². The second kappa shape index (κ2) is 5.67. The summed E-state index contributed by atoms with van der Waals surface area (Å²) in [5.41, 5.74) is 0.0538. The van der Waals surface area contributed by atoms with E-state index in [1.54, 1.807) is 23.3 Å². The molecule has 9 heteroatoms. The normalized spacial score (nSPS) is 18.3. The van der Waals surface area contributed by atoms with Gasteiger partial charge < -0.3 is 9.32 Å². The maximum absolute atomic E-state index is 11.8. The van der Waals surface area contributed by atoms with Gasteiger partial charge in [-0.1, -0.05) is 0 Å². The molecule has 0 aliphatic carbocycles. The van der Waals surface area contributed by atoms with E-state index in [4.69, 9.17) is 9.56 Å². The van der Waals surface area contributed by atoms with Crippen LogP contribution in [0.15, 0.2) is 45.9 Å². The molecule has 2 heterocycles. The molecule has 3 rings (SSSR count). The highest BCUT2D eigenvalue weighted by Gasteiger charge is 2.32. The number of non-ortho nitro benzene ring substituents is 1. The fourth-order valence-electron chi connectivity index (χ4n) is 2.92. The molecular formula is C14H15N3O5S. The van der Waals surface area contributed by atoms with E-state index in [0.717, 1.165) is 18.9 Å². The monoisotopic (exact) mass is 337 g/mol. The number of hydrogen-bond donors (Lipinski definition) is 1. The van der Waals surface area contributed by atoms with Gasteiger partial charge in [0.25, 0.3) is 5.69 Å². The SMILES string of the molecule is NS(=O)(=O)c1ccc([N+](=O)[O-])cc1N1CCCC1c1ccco1. The Morgan fingerprint density at radius 3 is 2.74 bits per heavy atom. The summed E-state index contributed by atoms with van der Waals surface area (Å²) in [6.45, 7) is 0.565. The van der Waals surface area contributed by atoms with Gasteiger partial charge in [0.2, 0.25) is 10.0 Å².